The maximum atomic E-state index is 11.8. The molecule has 0 aliphatic heterocycles. The summed E-state index contributed by atoms with van der Waals surface area (Å²) in [4.78, 5) is 11.8. The van der Waals surface area contributed by atoms with Gasteiger partial charge in [0.05, 0.1) is 6.21 Å². The van der Waals surface area contributed by atoms with Gasteiger partial charge in [0.15, 0.2) is 6.61 Å². The van der Waals surface area contributed by atoms with Crippen LogP contribution in [0.5, 0.6) is 5.75 Å². The quantitative estimate of drug-likeness (QED) is 0.620. The van der Waals surface area contributed by atoms with Crippen molar-refractivity contribution in [3.8, 4) is 5.75 Å². The largest absolute Gasteiger partial charge is 0.483 e. The first kappa shape index (κ1) is 17.7. The van der Waals surface area contributed by atoms with Crippen LogP contribution in [0.15, 0.2) is 53.6 Å². The van der Waals surface area contributed by atoms with Crippen molar-refractivity contribution in [3.05, 3.63) is 65.2 Å². The van der Waals surface area contributed by atoms with E-state index >= 15 is 0 Å². The highest BCUT2D eigenvalue weighted by molar-refractivity contribution is 5.82. The molecule has 126 valence electrons. The van der Waals surface area contributed by atoms with E-state index in [1.54, 1.807) is 6.21 Å². The number of rotatable bonds is 7. The van der Waals surface area contributed by atoms with Crippen molar-refractivity contribution in [2.45, 2.75) is 33.1 Å². The maximum Gasteiger partial charge on any atom is 0.277 e. The molecule has 2 aromatic rings. The molecule has 2 aromatic carbocycles. The number of ether oxygens (including phenoxy) is 1. The first-order valence-corrected chi connectivity index (χ1v) is 8.22. The minimum Gasteiger partial charge on any atom is -0.483 e. The van der Waals surface area contributed by atoms with Crippen molar-refractivity contribution < 1.29 is 9.53 Å². The highest BCUT2D eigenvalue weighted by Gasteiger charge is 2.08. The molecule has 0 heterocycles. The Morgan fingerprint density at radius 2 is 1.88 bits per heavy atom. The van der Waals surface area contributed by atoms with Gasteiger partial charge in [0, 0.05) is 0 Å². The van der Waals surface area contributed by atoms with Crippen LogP contribution >= 0.6 is 0 Å². The molecular formula is C20H24N2O2. The zero-order valence-electron chi connectivity index (χ0n) is 14.5. The van der Waals surface area contributed by atoms with E-state index in [1.165, 1.54) is 5.56 Å². The summed E-state index contributed by atoms with van der Waals surface area (Å²) in [6.45, 7) is 6.24. The molecule has 0 saturated heterocycles. The van der Waals surface area contributed by atoms with Gasteiger partial charge in [-0.2, -0.15) is 5.10 Å². The fraction of sp³-hybridized carbons (Fsp3) is 0.300. The number of amides is 1. The van der Waals surface area contributed by atoms with Crippen LogP contribution in [0.2, 0.25) is 0 Å². The Morgan fingerprint density at radius 1 is 1.17 bits per heavy atom. The summed E-state index contributed by atoms with van der Waals surface area (Å²) in [5.74, 6) is 0.796. The smallest absolute Gasteiger partial charge is 0.277 e. The van der Waals surface area contributed by atoms with Gasteiger partial charge in [-0.3, -0.25) is 4.79 Å². The molecule has 4 heteroatoms. The topological polar surface area (TPSA) is 50.7 Å². The molecule has 0 aliphatic carbocycles. The first-order valence-electron chi connectivity index (χ1n) is 8.22. The molecule has 2 rings (SSSR count). The Balaban J connectivity index is 1.84. The SMILES string of the molecule is CCc1ccc(C=NNC(=O)COc2ccccc2C(C)C)cc1. The summed E-state index contributed by atoms with van der Waals surface area (Å²) in [5, 5.41) is 3.96. The second kappa shape index (κ2) is 8.87. The number of hydrazone groups is 1. The van der Waals surface area contributed by atoms with Crippen molar-refractivity contribution in [3.63, 3.8) is 0 Å². The normalized spacial score (nSPS) is 11.0. The predicted molar refractivity (Wildman–Crippen MR) is 97.6 cm³/mol. The number of hydrogen-bond donors (Lipinski definition) is 1. The van der Waals surface area contributed by atoms with Gasteiger partial charge < -0.3 is 4.74 Å². The molecular weight excluding hydrogens is 300 g/mol. The van der Waals surface area contributed by atoms with E-state index in [2.05, 4.69) is 43.4 Å². The lowest BCUT2D eigenvalue weighted by atomic mass is 10.0. The predicted octanol–water partition coefficient (Wildman–Crippen LogP) is 3.90. The van der Waals surface area contributed by atoms with Crippen molar-refractivity contribution in [1.29, 1.82) is 0 Å². The summed E-state index contributed by atoms with van der Waals surface area (Å²) < 4.78 is 5.61. The molecule has 0 unspecified atom stereocenters. The van der Waals surface area contributed by atoms with E-state index in [1.807, 2.05) is 36.4 Å². The zero-order valence-corrected chi connectivity index (χ0v) is 14.5. The van der Waals surface area contributed by atoms with Gasteiger partial charge in [-0.05, 0) is 35.1 Å². The molecule has 0 fully saturated rings. The summed E-state index contributed by atoms with van der Waals surface area (Å²) in [5.41, 5.74) is 5.79. The van der Waals surface area contributed by atoms with E-state index in [0.717, 1.165) is 23.3 Å². The van der Waals surface area contributed by atoms with Gasteiger partial charge in [0.1, 0.15) is 5.75 Å². The third-order valence-electron chi connectivity index (χ3n) is 3.69. The van der Waals surface area contributed by atoms with E-state index in [4.69, 9.17) is 4.74 Å². The fourth-order valence-corrected chi connectivity index (χ4v) is 2.28. The average molecular weight is 324 g/mol. The Kier molecular flexibility index (Phi) is 6.55. The third kappa shape index (κ3) is 5.23. The van der Waals surface area contributed by atoms with Crippen molar-refractivity contribution in [2.75, 3.05) is 6.61 Å². The first-order chi connectivity index (χ1) is 11.6. The second-order valence-corrected chi connectivity index (χ2v) is 5.87. The van der Waals surface area contributed by atoms with Gasteiger partial charge in [-0.1, -0.05) is 63.2 Å². The Labute approximate surface area is 143 Å². The van der Waals surface area contributed by atoms with Crippen LogP contribution in [0.25, 0.3) is 0 Å². The third-order valence-corrected chi connectivity index (χ3v) is 3.69. The maximum absolute atomic E-state index is 11.8. The molecule has 0 aliphatic rings. The number of nitrogens with one attached hydrogen (secondary N) is 1. The lowest BCUT2D eigenvalue weighted by Gasteiger charge is -2.12. The van der Waals surface area contributed by atoms with Crippen molar-refractivity contribution in [1.82, 2.24) is 5.43 Å². The lowest BCUT2D eigenvalue weighted by Crippen LogP contribution is -2.24. The van der Waals surface area contributed by atoms with Gasteiger partial charge >= 0.3 is 0 Å². The Morgan fingerprint density at radius 3 is 2.54 bits per heavy atom. The van der Waals surface area contributed by atoms with Crippen LogP contribution < -0.4 is 10.2 Å². The molecule has 1 amide bonds. The summed E-state index contributed by atoms with van der Waals surface area (Å²) in [6.07, 6.45) is 2.63. The van der Waals surface area contributed by atoms with E-state index in [0.29, 0.717) is 5.92 Å². The van der Waals surface area contributed by atoms with E-state index < -0.39 is 0 Å². The van der Waals surface area contributed by atoms with Crippen LogP contribution in [0.3, 0.4) is 0 Å². The molecule has 0 spiro atoms. The number of para-hydroxylation sites is 1. The van der Waals surface area contributed by atoms with E-state index in [9.17, 15) is 4.79 Å². The molecule has 1 N–H and O–H groups in total. The summed E-state index contributed by atoms with van der Waals surface area (Å²) >= 11 is 0. The monoisotopic (exact) mass is 324 g/mol. The van der Waals surface area contributed by atoms with Gasteiger partial charge in [0.25, 0.3) is 5.91 Å². The van der Waals surface area contributed by atoms with Crippen LogP contribution in [-0.4, -0.2) is 18.7 Å². The van der Waals surface area contributed by atoms with Gasteiger partial charge in [-0.15, -0.1) is 0 Å². The highest BCUT2D eigenvalue weighted by Crippen LogP contribution is 2.25. The zero-order chi connectivity index (χ0) is 17.4. The number of aryl methyl sites for hydroxylation is 1. The standard InChI is InChI=1S/C20H24N2O2/c1-4-16-9-11-17(12-10-16)13-21-22-20(23)14-24-19-8-6-5-7-18(19)15(2)3/h5-13,15H,4,14H2,1-3H3,(H,22,23). The Hall–Kier alpha value is -2.62. The number of benzene rings is 2. The van der Waals surface area contributed by atoms with Crippen molar-refractivity contribution >= 4 is 12.1 Å². The Bertz CT molecular complexity index is 691. The van der Waals surface area contributed by atoms with Crippen LogP contribution in [0, 0.1) is 0 Å². The van der Waals surface area contributed by atoms with Gasteiger partial charge in [0.2, 0.25) is 0 Å². The molecule has 0 aromatic heterocycles. The second-order valence-electron chi connectivity index (χ2n) is 5.87. The average Bonchev–Trinajstić information content (AvgIpc) is 2.60. The summed E-state index contributed by atoms with van der Waals surface area (Å²) in [7, 11) is 0. The molecule has 0 atom stereocenters. The number of nitrogens with zero attached hydrogens (tertiary/aromatic N) is 1. The van der Waals surface area contributed by atoms with Crippen LogP contribution in [0.1, 0.15) is 43.4 Å². The molecule has 4 nitrogen and oxygen atoms in total. The number of hydrogen-bond acceptors (Lipinski definition) is 3. The fourth-order valence-electron chi connectivity index (χ4n) is 2.28. The lowest BCUT2D eigenvalue weighted by molar-refractivity contribution is -0.123. The van der Waals surface area contributed by atoms with E-state index in [-0.39, 0.29) is 12.5 Å². The minimum atomic E-state index is -0.282. The van der Waals surface area contributed by atoms with Crippen LogP contribution in [-0.2, 0) is 11.2 Å². The van der Waals surface area contributed by atoms with Gasteiger partial charge in [-0.25, -0.2) is 5.43 Å². The molecule has 24 heavy (non-hydrogen) atoms. The minimum absolute atomic E-state index is 0.0597. The number of carbonyl (C=O) groups excluding carboxylic acids is 1. The molecule has 0 radical (unpaired) electrons. The summed E-state index contributed by atoms with van der Waals surface area (Å²) in [6, 6.07) is 15.8. The van der Waals surface area contributed by atoms with Crippen LogP contribution in [0.4, 0.5) is 0 Å². The number of carbonyl (C=O) groups is 1. The molecule has 0 saturated carbocycles. The highest BCUT2D eigenvalue weighted by atomic mass is 16.5. The molecule has 0 bridgehead atoms. The van der Waals surface area contributed by atoms with Crippen molar-refractivity contribution in [2.24, 2.45) is 5.10 Å².